The Balaban J connectivity index is 2.66. The predicted molar refractivity (Wildman–Crippen MR) is 40.5 cm³/mol. The third-order valence-electron chi connectivity index (χ3n) is 2.21. The molecule has 0 saturated carbocycles. The van der Waals surface area contributed by atoms with Crippen LogP contribution in [0.2, 0.25) is 0 Å². The third kappa shape index (κ3) is 1.44. The second-order valence-corrected chi connectivity index (χ2v) is 2.78. The number of ether oxygens (including phenoxy) is 2. The maximum absolute atomic E-state index is 11.4. The predicted octanol–water partition coefficient (Wildman–Crippen LogP) is 0.771. The van der Waals surface area contributed by atoms with Crippen molar-refractivity contribution in [1.82, 2.24) is 0 Å². The molecule has 0 amide bonds. The molecule has 0 aromatic rings. The first-order valence-electron chi connectivity index (χ1n) is 3.91. The molecule has 0 radical (unpaired) electrons. The monoisotopic (exact) mass is 158 g/mol. The van der Waals surface area contributed by atoms with Crippen LogP contribution in [0.3, 0.4) is 0 Å². The molecule has 0 spiro atoms. The molecule has 1 aliphatic rings. The lowest BCUT2D eigenvalue weighted by molar-refractivity contribution is -0.140. The van der Waals surface area contributed by atoms with E-state index in [1.165, 1.54) is 0 Å². The molecule has 0 bridgehead atoms. The normalized spacial score (nSPS) is 30.7. The second kappa shape index (κ2) is 3.32. The maximum atomic E-state index is 11.4. The van der Waals surface area contributed by atoms with E-state index in [-0.39, 0.29) is 5.78 Å². The van der Waals surface area contributed by atoms with E-state index >= 15 is 0 Å². The molecule has 0 N–H and O–H groups in total. The van der Waals surface area contributed by atoms with E-state index in [9.17, 15) is 4.79 Å². The molecule has 1 fully saturated rings. The first-order chi connectivity index (χ1) is 5.25. The van der Waals surface area contributed by atoms with Crippen molar-refractivity contribution >= 4 is 5.78 Å². The molecule has 1 atom stereocenters. The highest BCUT2D eigenvalue weighted by molar-refractivity contribution is 5.87. The third-order valence-corrected chi connectivity index (χ3v) is 2.21. The lowest BCUT2D eigenvalue weighted by Gasteiger charge is -2.22. The van der Waals surface area contributed by atoms with Crippen LogP contribution in [0.5, 0.6) is 0 Å². The van der Waals surface area contributed by atoms with Crippen molar-refractivity contribution < 1.29 is 14.3 Å². The van der Waals surface area contributed by atoms with E-state index < -0.39 is 5.60 Å². The molecule has 3 heteroatoms. The summed E-state index contributed by atoms with van der Waals surface area (Å²) >= 11 is 0. The van der Waals surface area contributed by atoms with Gasteiger partial charge in [0.2, 0.25) is 0 Å². The van der Waals surface area contributed by atoms with Gasteiger partial charge in [0.15, 0.2) is 11.4 Å². The maximum Gasteiger partial charge on any atom is 0.166 e. The van der Waals surface area contributed by atoms with E-state index in [4.69, 9.17) is 9.47 Å². The van der Waals surface area contributed by atoms with E-state index in [0.717, 1.165) is 0 Å². The number of methoxy groups -OCH3 is 1. The highest BCUT2D eigenvalue weighted by Crippen LogP contribution is 2.24. The lowest BCUT2D eigenvalue weighted by Crippen LogP contribution is -2.40. The molecular formula is C8H14O3. The molecule has 3 nitrogen and oxygen atoms in total. The van der Waals surface area contributed by atoms with Gasteiger partial charge in [0.1, 0.15) is 0 Å². The van der Waals surface area contributed by atoms with Crippen molar-refractivity contribution in [2.45, 2.75) is 25.4 Å². The molecule has 11 heavy (non-hydrogen) atoms. The first-order valence-corrected chi connectivity index (χ1v) is 3.91. The summed E-state index contributed by atoms with van der Waals surface area (Å²) in [7, 11) is 1.57. The fraction of sp³-hybridized carbons (Fsp3) is 0.875. The summed E-state index contributed by atoms with van der Waals surface area (Å²) < 4.78 is 10.3. The van der Waals surface area contributed by atoms with Crippen molar-refractivity contribution in [2.75, 3.05) is 20.3 Å². The van der Waals surface area contributed by atoms with Crippen molar-refractivity contribution in [1.29, 1.82) is 0 Å². The lowest BCUT2D eigenvalue weighted by atomic mass is 9.96. The van der Waals surface area contributed by atoms with Crippen molar-refractivity contribution in [3.8, 4) is 0 Å². The van der Waals surface area contributed by atoms with Crippen LogP contribution in [-0.2, 0) is 14.3 Å². The first kappa shape index (κ1) is 8.68. The summed E-state index contributed by atoms with van der Waals surface area (Å²) in [6.07, 6.45) is 1.23. The highest BCUT2D eigenvalue weighted by Gasteiger charge is 2.40. The number of hydrogen-bond acceptors (Lipinski definition) is 3. The Hall–Kier alpha value is -0.410. The van der Waals surface area contributed by atoms with Crippen molar-refractivity contribution in [2.24, 2.45) is 0 Å². The molecule has 0 aromatic heterocycles. The average molecular weight is 158 g/mol. The van der Waals surface area contributed by atoms with Crippen LogP contribution in [0.4, 0.5) is 0 Å². The number of carbonyl (C=O) groups excluding carboxylic acids is 1. The fourth-order valence-electron chi connectivity index (χ4n) is 1.36. The zero-order chi connectivity index (χ0) is 8.32. The number of ketones is 1. The smallest absolute Gasteiger partial charge is 0.166 e. The van der Waals surface area contributed by atoms with Crippen LogP contribution in [-0.4, -0.2) is 31.7 Å². The largest absolute Gasteiger partial charge is 0.378 e. The van der Waals surface area contributed by atoms with Gasteiger partial charge in [-0.25, -0.2) is 0 Å². The van der Waals surface area contributed by atoms with Gasteiger partial charge in [0, 0.05) is 20.0 Å². The second-order valence-electron chi connectivity index (χ2n) is 2.78. The molecule has 0 aromatic carbocycles. The van der Waals surface area contributed by atoms with Gasteiger partial charge in [-0.3, -0.25) is 4.79 Å². The van der Waals surface area contributed by atoms with Crippen molar-refractivity contribution in [3.63, 3.8) is 0 Å². The van der Waals surface area contributed by atoms with E-state index in [0.29, 0.717) is 26.1 Å². The Kier molecular flexibility index (Phi) is 2.62. The molecule has 1 heterocycles. The SMILES string of the molecule is CCC(=O)C1(OC)CCOC1. The Morgan fingerprint density at radius 3 is 2.82 bits per heavy atom. The summed E-state index contributed by atoms with van der Waals surface area (Å²) in [6.45, 7) is 2.91. The minimum Gasteiger partial charge on any atom is -0.378 e. The zero-order valence-electron chi connectivity index (χ0n) is 7.05. The van der Waals surface area contributed by atoms with E-state index in [1.54, 1.807) is 7.11 Å². The number of carbonyl (C=O) groups is 1. The Labute approximate surface area is 66.7 Å². The summed E-state index contributed by atoms with van der Waals surface area (Å²) in [5.74, 6) is 0.150. The van der Waals surface area contributed by atoms with Gasteiger partial charge in [-0.15, -0.1) is 0 Å². The van der Waals surface area contributed by atoms with Crippen LogP contribution < -0.4 is 0 Å². The van der Waals surface area contributed by atoms with Gasteiger partial charge in [0.25, 0.3) is 0 Å². The number of Topliss-reactive ketones (excluding diaryl/α,β-unsaturated/α-hetero) is 1. The quantitative estimate of drug-likeness (QED) is 0.608. The minimum atomic E-state index is -0.616. The molecule has 0 aliphatic carbocycles. The molecule has 1 rings (SSSR count). The van der Waals surface area contributed by atoms with Gasteiger partial charge in [-0.2, -0.15) is 0 Å². The molecule has 64 valence electrons. The number of hydrogen-bond donors (Lipinski definition) is 0. The van der Waals surface area contributed by atoms with Gasteiger partial charge in [-0.05, 0) is 0 Å². The van der Waals surface area contributed by atoms with Gasteiger partial charge >= 0.3 is 0 Å². The van der Waals surface area contributed by atoms with Crippen LogP contribution in [0, 0.1) is 0 Å². The fourth-order valence-corrected chi connectivity index (χ4v) is 1.36. The number of rotatable bonds is 3. The summed E-state index contributed by atoms with van der Waals surface area (Å²) in [5, 5.41) is 0. The standard InChI is InChI=1S/C8H14O3/c1-3-7(9)8(10-2)4-5-11-6-8/h3-6H2,1-2H3. The Morgan fingerprint density at radius 1 is 1.73 bits per heavy atom. The van der Waals surface area contributed by atoms with Crippen molar-refractivity contribution in [3.05, 3.63) is 0 Å². The molecule has 1 unspecified atom stereocenters. The summed E-state index contributed by atoms with van der Waals surface area (Å²) in [5.41, 5.74) is -0.616. The van der Waals surface area contributed by atoms with Crippen LogP contribution in [0.15, 0.2) is 0 Å². The Bertz CT molecular complexity index is 147. The van der Waals surface area contributed by atoms with Crippen LogP contribution in [0.25, 0.3) is 0 Å². The summed E-state index contributed by atoms with van der Waals surface area (Å²) in [4.78, 5) is 11.4. The topological polar surface area (TPSA) is 35.5 Å². The van der Waals surface area contributed by atoms with E-state index in [2.05, 4.69) is 0 Å². The van der Waals surface area contributed by atoms with E-state index in [1.807, 2.05) is 6.92 Å². The van der Waals surface area contributed by atoms with Crippen LogP contribution >= 0.6 is 0 Å². The highest BCUT2D eigenvalue weighted by atomic mass is 16.6. The molecule has 1 aliphatic heterocycles. The minimum absolute atomic E-state index is 0.150. The molecular weight excluding hydrogens is 144 g/mol. The average Bonchev–Trinajstić information content (AvgIpc) is 2.52. The van der Waals surface area contributed by atoms with Crippen LogP contribution in [0.1, 0.15) is 19.8 Å². The van der Waals surface area contributed by atoms with Gasteiger partial charge < -0.3 is 9.47 Å². The van der Waals surface area contributed by atoms with Gasteiger partial charge in [0.05, 0.1) is 13.2 Å². The van der Waals surface area contributed by atoms with Gasteiger partial charge in [-0.1, -0.05) is 6.92 Å². The Morgan fingerprint density at radius 2 is 2.45 bits per heavy atom. The molecule has 1 saturated heterocycles. The zero-order valence-corrected chi connectivity index (χ0v) is 7.05. The summed E-state index contributed by atoms with van der Waals surface area (Å²) in [6, 6.07) is 0.